The van der Waals surface area contributed by atoms with Gasteiger partial charge in [0.05, 0.1) is 18.7 Å². The molecular weight excluding hydrogens is 304 g/mol. The van der Waals surface area contributed by atoms with Crippen molar-refractivity contribution in [2.24, 2.45) is 5.41 Å². The minimum absolute atomic E-state index is 0.222. The molecule has 0 aliphatic carbocycles. The maximum atomic E-state index is 12.5. The molecule has 21 heavy (non-hydrogen) atoms. The summed E-state index contributed by atoms with van der Waals surface area (Å²) in [6.07, 6.45) is 3.84. The molecule has 2 aliphatic rings. The molecule has 6 heteroatoms. The smallest absolute Gasteiger partial charge is 0.228 e. The summed E-state index contributed by atoms with van der Waals surface area (Å²) in [5.41, 5.74) is 1.15. The lowest BCUT2D eigenvalue weighted by Gasteiger charge is -2.39. The largest absolute Gasteiger partial charge is 0.381 e. The molecule has 0 N–H and O–H groups in total. The zero-order valence-electron chi connectivity index (χ0n) is 12.5. The van der Waals surface area contributed by atoms with Gasteiger partial charge in [-0.2, -0.15) is 0 Å². The van der Waals surface area contributed by atoms with E-state index in [2.05, 4.69) is 11.9 Å². The van der Waals surface area contributed by atoms with E-state index in [4.69, 9.17) is 4.74 Å². The van der Waals surface area contributed by atoms with Gasteiger partial charge in [-0.15, -0.1) is 11.3 Å². The Morgan fingerprint density at radius 1 is 1.57 bits per heavy atom. The number of piperidine rings is 1. The molecule has 116 valence electrons. The van der Waals surface area contributed by atoms with Crippen molar-refractivity contribution in [3.63, 3.8) is 0 Å². The van der Waals surface area contributed by atoms with Gasteiger partial charge in [0.15, 0.2) is 0 Å². The quantitative estimate of drug-likeness (QED) is 0.798. The molecular formula is C15H22N2O2S2. The van der Waals surface area contributed by atoms with Gasteiger partial charge >= 0.3 is 0 Å². The molecule has 1 amide bonds. The van der Waals surface area contributed by atoms with Gasteiger partial charge in [0.2, 0.25) is 5.91 Å². The summed E-state index contributed by atoms with van der Waals surface area (Å²) in [5, 5.41) is 2.02. The second kappa shape index (κ2) is 6.67. The van der Waals surface area contributed by atoms with Crippen molar-refractivity contribution < 1.29 is 9.53 Å². The first-order valence-corrected chi connectivity index (χ1v) is 9.50. The lowest BCUT2D eigenvalue weighted by molar-refractivity contribution is -0.134. The minimum atomic E-state index is 0.222. The Balaban J connectivity index is 1.59. The van der Waals surface area contributed by atoms with Crippen LogP contribution in [-0.4, -0.2) is 47.8 Å². The predicted octanol–water partition coefficient (Wildman–Crippen LogP) is 2.83. The Labute approximate surface area is 134 Å². The molecule has 0 radical (unpaired) electrons. The average molecular weight is 326 g/mol. The van der Waals surface area contributed by atoms with Crippen LogP contribution in [0.5, 0.6) is 0 Å². The van der Waals surface area contributed by atoms with Gasteiger partial charge in [-0.1, -0.05) is 18.7 Å². The molecule has 1 atom stereocenters. The molecule has 2 saturated heterocycles. The van der Waals surface area contributed by atoms with Crippen LogP contribution >= 0.6 is 23.1 Å². The van der Waals surface area contributed by atoms with Crippen LogP contribution in [0.1, 0.15) is 31.9 Å². The number of carbonyl (C=O) groups excluding carboxylic acids is 1. The summed E-state index contributed by atoms with van der Waals surface area (Å²) >= 11 is 3.38. The number of amides is 1. The number of nitrogens with zero attached hydrogens (tertiary/aromatic N) is 2. The van der Waals surface area contributed by atoms with Crippen LogP contribution in [0.4, 0.5) is 0 Å². The normalized spacial score (nSPS) is 25.7. The van der Waals surface area contributed by atoms with Crippen LogP contribution < -0.4 is 0 Å². The maximum Gasteiger partial charge on any atom is 0.228 e. The van der Waals surface area contributed by atoms with Crippen molar-refractivity contribution in [3.8, 4) is 0 Å². The first-order chi connectivity index (χ1) is 10.2. The monoisotopic (exact) mass is 326 g/mol. The standard InChI is InChI=1S/C15H22N2O2S2/c1-2-20-14-16-12(9-21-14)8-13(18)17-6-3-4-15(10-17)5-7-19-11-15/h9H,2-8,10-11H2,1H3/t15-/m1/s1. The van der Waals surface area contributed by atoms with E-state index < -0.39 is 0 Å². The topological polar surface area (TPSA) is 42.4 Å². The number of hydrogen-bond donors (Lipinski definition) is 0. The summed E-state index contributed by atoms with van der Waals surface area (Å²) in [6, 6.07) is 0. The van der Waals surface area contributed by atoms with Crippen LogP contribution in [0, 0.1) is 5.41 Å². The summed E-state index contributed by atoms with van der Waals surface area (Å²) in [4.78, 5) is 19.1. The molecule has 0 unspecified atom stereocenters. The fourth-order valence-corrected chi connectivity index (χ4v) is 4.96. The van der Waals surface area contributed by atoms with E-state index in [1.807, 2.05) is 10.3 Å². The highest BCUT2D eigenvalue weighted by atomic mass is 32.2. The third-order valence-corrected chi connectivity index (χ3v) is 6.28. The molecule has 4 nitrogen and oxygen atoms in total. The second-order valence-electron chi connectivity index (χ2n) is 5.94. The Morgan fingerprint density at radius 3 is 3.24 bits per heavy atom. The number of aromatic nitrogens is 1. The molecule has 0 aromatic carbocycles. The summed E-state index contributed by atoms with van der Waals surface area (Å²) in [6.45, 7) is 5.55. The van der Waals surface area contributed by atoms with E-state index in [0.29, 0.717) is 6.42 Å². The number of likely N-dealkylation sites (tertiary alicyclic amines) is 1. The Kier molecular flexibility index (Phi) is 4.86. The molecule has 3 rings (SSSR count). The number of rotatable bonds is 4. The third-order valence-electron chi connectivity index (χ3n) is 4.33. The van der Waals surface area contributed by atoms with Crippen LogP contribution in [0.2, 0.25) is 0 Å². The molecule has 1 spiro atoms. The Bertz CT molecular complexity index is 498. The Hall–Kier alpha value is -0.590. The molecule has 1 aromatic heterocycles. The number of thiazole rings is 1. The third kappa shape index (κ3) is 3.60. The summed E-state index contributed by atoms with van der Waals surface area (Å²) in [7, 11) is 0. The van der Waals surface area contributed by atoms with Gasteiger partial charge in [-0.25, -0.2) is 4.98 Å². The molecule has 2 aliphatic heterocycles. The predicted molar refractivity (Wildman–Crippen MR) is 85.9 cm³/mol. The van der Waals surface area contributed by atoms with E-state index in [1.54, 1.807) is 23.1 Å². The Morgan fingerprint density at radius 2 is 2.48 bits per heavy atom. The van der Waals surface area contributed by atoms with Crippen LogP contribution in [-0.2, 0) is 16.0 Å². The van der Waals surface area contributed by atoms with Crippen LogP contribution in [0.3, 0.4) is 0 Å². The van der Waals surface area contributed by atoms with Crippen molar-refractivity contribution in [2.45, 2.75) is 36.9 Å². The first kappa shape index (κ1) is 15.3. The van der Waals surface area contributed by atoms with Gasteiger partial charge in [-0.05, 0) is 25.0 Å². The number of hydrogen-bond acceptors (Lipinski definition) is 5. The lowest BCUT2D eigenvalue weighted by Crippen LogP contribution is -2.47. The first-order valence-electron chi connectivity index (χ1n) is 7.63. The van der Waals surface area contributed by atoms with Crippen LogP contribution in [0.25, 0.3) is 0 Å². The van der Waals surface area contributed by atoms with Crippen molar-refractivity contribution >= 4 is 29.0 Å². The highest BCUT2D eigenvalue weighted by molar-refractivity contribution is 8.00. The van der Waals surface area contributed by atoms with Gasteiger partial charge in [-0.3, -0.25) is 4.79 Å². The van der Waals surface area contributed by atoms with Gasteiger partial charge in [0.25, 0.3) is 0 Å². The van der Waals surface area contributed by atoms with Crippen molar-refractivity contribution in [1.82, 2.24) is 9.88 Å². The fraction of sp³-hybridized carbons (Fsp3) is 0.733. The van der Waals surface area contributed by atoms with Gasteiger partial charge in [0.1, 0.15) is 4.34 Å². The molecule has 2 fully saturated rings. The zero-order valence-corrected chi connectivity index (χ0v) is 14.1. The average Bonchev–Trinajstić information content (AvgIpc) is 3.10. The van der Waals surface area contributed by atoms with E-state index in [0.717, 1.165) is 54.9 Å². The summed E-state index contributed by atoms with van der Waals surface area (Å²) in [5.74, 6) is 1.24. The van der Waals surface area contributed by atoms with Gasteiger partial charge in [0, 0.05) is 30.5 Å². The van der Waals surface area contributed by atoms with Crippen molar-refractivity contribution in [2.75, 3.05) is 32.1 Å². The summed E-state index contributed by atoms with van der Waals surface area (Å²) < 4.78 is 6.63. The minimum Gasteiger partial charge on any atom is -0.381 e. The molecule has 0 bridgehead atoms. The lowest BCUT2D eigenvalue weighted by atomic mass is 9.79. The number of carbonyl (C=O) groups is 1. The van der Waals surface area contributed by atoms with E-state index in [1.165, 1.54) is 6.42 Å². The van der Waals surface area contributed by atoms with E-state index in [9.17, 15) is 4.79 Å². The van der Waals surface area contributed by atoms with Gasteiger partial charge < -0.3 is 9.64 Å². The van der Waals surface area contributed by atoms with Crippen LogP contribution in [0.15, 0.2) is 9.72 Å². The number of ether oxygens (including phenoxy) is 1. The van der Waals surface area contributed by atoms with Crippen molar-refractivity contribution in [1.29, 1.82) is 0 Å². The van der Waals surface area contributed by atoms with Crippen molar-refractivity contribution in [3.05, 3.63) is 11.1 Å². The fourth-order valence-electron chi connectivity index (χ4n) is 3.22. The van der Waals surface area contributed by atoms with E-state index in [-0.39, 0.29) is 11.3 Å². The molecule has 0 saturated carbocycles. The number of thioether (sulfide) groups is 1. The highest BCUT2D eigenvalue weighted by Gasteiger charge is 2.40. The maximum absolute atomic E-state index is 12.5. The second-order valence-corrected chi connectivity index (χ2v) is 8.31. The molecule has 1 aromatic rings. The highest BCUT2D eigenvalue weighted by Crippen LogP contribution is 2.37. The SMILES string of the molecule is CCSc1nc(CC(=O)N2CCC[C@@]3(CCOC3)C2)cs1. The van der Waals surface area contributed by atoms with E-state index >= 15 is 0 Å². The molecule has 3 heterocycles. The zero-order chi connectivity index (χ0) is 14.7.